The highest BCUT2D eigenvalue weighted by molar-refractivity contribution is 7.09. The van der Waals surface area contributed by atoms with Crippen LogP contribution in [0, 0.1) is 0 Å². The molecule has 10 heteroatoms. The number of rotatable bonds is 4. The number of amides is 1. The van der Waals surface area contributed by atoms with E-state index in [2.05, 4.69) is 15.7 Å². The average molecular weight is 441 g/mol. The Morgan fingerprint density at radius 1 is 1.31 bits per heavy atom. The molecule has 1 aliphatic heterocycles. The van der Waals surface area contributed by atoms with Gasteiger partial charge in [-0.1, -0.05) is 29.8 Å². The monoisotopic (exact) mass is 440 g/mol. The van der Waals surface area contributed by atoms with Crippen molar-refractivity contribution in [2.45, 2.75) is 31.2 Å². The van der Waals surface area contributed by atoms with Crippen molar-refractivity contribution in [3.05, 3.63) is 69.0 Å². The predicted molar refractivity (Wildman–Crippen MR) is 105 cm³/mol. The number of nitrogens with zero attached hydrogens (tertiary/aromatic N) is 2. The van der Waals surface area contributed by atoms with Crippen molar-refractivity contribution in [3.8, 4) is 0 Å². The molecule has 3 heterocycles. The summed E-state index contributed by atoms with van der Waals surface area (Å²) >= 11 is 7.36. The number of fused-ring (bicyclic) bond motifs is 1. The number of benzene rings is 1. The first kappa shape index (κ1) is 19.8. The number of carbonyl (C=O) groups excluding carboxylic acids is 1. The van der Waals surface area contributed by atoms with E-state index in [4.69, 9.17) is 11.6 Å². The molecule has 0 fully saturated rings. The zero-order valence-corrected chi connectivity index (χ0v) is 16.5. The highest BCUT2D eigenvalue weighted by Gasteiger charge is 2.46. The minimum absolute atomic E-state index is 0.0601. The van der Waals surface area contributed by atoms with Crippen LogP contribution in [0.5, 0.6) is 0 Å². The van der Waals surface area contributed by atoms with Gasteiger partial charge in [0.2, 0.25) is 0 Å². The molecule has 4 rings (SSSR count). The Bertz CT molecular complexity index is 1000. The normalized spacial score (nSPS) is 18.8. The Hall–Kier alpha value is -2.52. The van der Waals surface area contributed by atoms with Crippen LogP contribution < -0.4 is 10.6 Å². The predicted octanol–water partition coefficient (Wildman–Crippen LogP) is 5.19. The van der Waals surface area contributed by atoms with E-state index in [-0.39, 0.29) is 17.9 Å². The summed E-state index contributed by atoms with van der Waals surface area (Å²) in [5.74, 6) is -0.370. The summed E-state index contributed by atoms with van der Waals surface area (Å²) in [6.07, 6.45) is -4.74. The third-order valence-corrected chi connectivity index (χ3v) is 5.83. The van der Waals surface area contributed by atoms with E-state index in [1.54, 1.807) is 24.3 Å². The summed E-state index contributed by atoms with van der Waals surface area (Å²) in [5.41, 5.74) is 0.620. The molecule has 1 aliphatic rings. The zero-order valence-electron chi connectivity index (χ0n) is 14.9. The lowest BCUT2D eigenvalue weighted by molar-refractivity contribution is -0.173. The van der Waals surface area contributed by atoms with Crippen LogP contribution >= 0.6 is 22.9 Å². The molecule has 2 unspecified atom stereocenters. The molecule has 0 bridgehead atoms. The smallest absolute Gasteiger partial charge is 0.363 e. The Morgan fingerprint density at radius 2 is 2.07 bits per heavy atom. The first-order valence-electron chi connectivity index (χ1n) is 8.80. The summed E-state index contributed by atoms with van der Waals surface area (Å²) in [4.78, 5) is 13.3. The van der Waals surface area contributed by atoms with E-state index in [0.29, 0.717) is 17.1 Å². The number of nitrogens with one attached hydrogen (secondary N) is 2. The summed E-state index contributed by atoms with van der Waals surface area (Å²) in [6, 6.07) is 9.31. The number of halogens is 4. The van der Waals surface area contributed by atoms with Crippen molar-refractivity contribution in [3.63, 3.8) is 0 Å². The Labute approximate surface area is 173 Å². The molecular formula is C19H16ClF3N4OS. The highest BCUT2D eigenvalue weighted by Crippen LogP contribution is 2.43. The number of carbonyl (C=O) groups is 1. The molecule has 2 atom stereocenters. The number of alkyl halides is 3. The van der Waals surface area contributed by atoms with Gasteiger partial charge in [-0.25, -0.2) is 4.68 Å². The van der Waals surface area contributed by atoms with Gasteiger partial charge in [0.15, 0.2) is 11.7 Å². The fourth-order valence-electron chi connectivity index (χ4n) is 3.27. The molecule has 5 nitrogen and oxygen atoms in total. The molecule has 2 N–H and O–H groups in total. The molecule has 0 aliphatic carbocycles. The minimum atomic E-state index is -4.50. The Balaban J connectivity index is 1.59. The lowest BCUT2D eigenvalue weighted by atomic mass is 9.97. The van der Waals surface area contributed by atoms with Crippen molar-refractivity contribution in [2.24, 2.45) is 0 Å². The molecule has 1 aromatic carbocycles. The van der Waals surface area contributed by atoms with Crippen LogP contribution in [0.3, 0.4) is 0 Å². The maximum Gasteiger partial charge on any atom is 0.410 e. The lowest BCUT2D eigenvalue weighted by Gasteiger charge is -2.33. The van der Waals surface area contributed by atoms with Crippen LogP contribution in [0.2, 0.25) is 5.02 Å². The van der Waals surface area contributed by atoms with Gasteiger partial charge in [0.05, 0.1) is 12.6 Å². The Morgan fingerprint density at radius 3 is 2.72 bits per heavy atom. The fourth-order valence-corrected chi connectivity index (χ4v) is 4.04. The van der Waals surface area contributed by atoms with Gasteiger partial charge in [-0.05, 0) is 29.1 Å². The van der Waals surface area contributed by atoms with Gasteiger partial charge in [-0.2, -0.15) is 18.3 Å². The van der Waals surface area contributed by atoms with Crippen LogP contribution in [0.1, 0.15) is 39.4 Å². The van der Waals surface area contributed by atoms with Gasteiger partial charge in [0, 0.05) is 22.4 Å². The molecule has 0 spiro atoms. The van der Waals surface area contributed by atoms with Crippen molar-refractivity contribution in [2.75, 3.05) is 5.32 Å². The van der Waals surface area contributed by atoms with E-state index < -0.39 is 24.2 Å². The van der Waals surface area contributed by atoms with Crippen LogP contribution in [-0.2, 0) is 6.54 Å². The van der Waals surface area contributed by atoms with Gasteiger partial charge in [0.25, 0.3) is 5.91 Å². The van der Waals surface area contributed by atoms with E-state index in [9.17, 15) is 18.0 Å². The molecule has 1 amide bonds. The van der Waals surface area contributed by atoms with Crippen molar-refractivity contribution in [1.29, 1.82) is 0 Å². The maximum absolute atomic E-state index is 13.7. The third kappa shape index (κ3) is 4.25. The SMILES string of the molecule is O=C(NCc1cccs1)c1cc2n(n1)C(C(F)(F)F)CC(c1ccc(Cl)cc1)N2. The molecular weight excluding hydrogens is 425 g/mol. The van der Waals surface area contributed by atoms with Gasteiger partial charge in [-0.3, -0.25) is 4.79 Å². The van der Waals surface area contributed by atoms with E-state index >= 15 is 0 Å². The standard InChI is InChI=1S/C19H16ClF3N4OS/c20-12-5-3-11(4-6-12)14-8-16(19(21,22)23)27-17(25-14)9-15(26-27)18(28)24-10-13-2-1-7-29-13/h1-7,9,14,16,25H,8,10H2,(H,24,28). The number of hydrogen-bond acceptors (Lipinski definition) is 4. The molecule has 0 saturated carbocycles. The van der Waals surface area contributed by atoms with E-state index in [1.165, 1.54) is 17.4 Å². The second kappa shape index (κ2) is 7.72. The largest absolute Gasteiger partial charge is 0.410 e. The average Bonchev–Trinajstić information content (AvgIpc) is 3.34. The van der Waals surface area contributed by atoms with Gasteiger partial charge in [0.1, 0.15) is 5.82 Å². The highest BCUT2D eigenvalue weighted by atomic mass is 35.5. The van der Waals surface area contributed by atoms with E-state index in [1.807, 2.05) is 17.5 Å². The van der Waals surface area contributed by atoms with Crippen LogP contribution in [0.25, 0.3) is 0 Å². The maximum atomic E-state index is 13.7. The number of aromatic nitrogens is 2. The molecule has 152 valence electrons. The molecule has 3 aromatic rings. The van der Waals surface area contributed by atoms with Crippen molar-refractivity contribution >= 4 is 34.7 Å². The minimum Gasteiger partial charge on any atom is -0.363 e. The summed E-state index contributed by atoms with van der Waals surface area (Å²) in [6.45, 7) is 0.294. The molecule has 2 aromatic heterocycles. The van der Waals surface area contributed by atoms with Crippen LogP contribution in [-0.4, -0.2) is 21.9 Å². The van der Waals surface area contributed by atoms with Crippen molar-refractivity contribution < 1.29 is 18.0 Å². The zero-order chi connectivity index (χ0) is 20.6. The molecule has 0 saturated heterocycles. The van der Waals surface area contributed by atoms with Gasteiger partial charge < -0.3 is 10.6 Å². The van der Waals surface area contributed by atoms with Gasteiger partial charge in [-0.15, -0.1) is 11.3 Å². The van der Waals surface area contributed by atoms with Crippen molar-refractivity contribution in [1.82, 2.24) is 15.1 Å². The number of anilines is 1. The molecule has 29 heavy (non-hydrogen) atoms. The lowest BCUT2D eigenvalue weighted by Crippen LogP contribution is -2.35. The van der Waals surface area contributed by atoms with Crippen LogP contribution in [0.15, 0.2) is 47.8 Å². The second-order valence-electron chi connectivity index (χ2n) is 6.66. The quantitative estimate of drug-likeness (QED) is 0.587. The first-order valence-corrected chi connectivity index (χ1v) is 10.1. The second-order valence-corrected chi connectivity index (χ2v) is 8.13. The summed E-state index contributed by atoms with van der Waals surface area (Å²) in [7, 11) is 0. The summed E-state index contributed by atoms with van der Waals surface area (Å²) < 4.78 is 42.0. The van der Waals surface area contributed by atoms with Gasteiger partial charge >= 0.3 is 6.18 Å². The third-order valence-electron chi connectivity index (χ3n) is 4.70. The molecule has 0 radical (unpaired) electrons. The number of thiophene rings is 1. The van der Waals surface area contributed by atoms with E-state index in [0.717, 1.165) is 9.56 Å². The Kier molecular flexibility index (Phi) is 5.26. The first-order chi connectivity index (χ1) is 13.8. The topological polar surface area (TPSA) is 59.0 Å². The fraction of sp³-hybridized carbons (Fsp3) is 0.263. The number of hydrogen-bond donors (Lipinski definition) is 2. The van der Waals surface area contributed by atoms with Crippen LogP contribution in [0.4, 0.5) is 19.0 Å². The summed E-state index contributed by atoms with van der Waals surface area (Å²) in [5, 5.41) is 12.1.